The van der Waals surface area contributed by atoms with Crippen molar-refractivity contribution in [3.05, 3.63) is 78.9 Å². The van der Waals surface area contributed by atoms with Gasteiger partial charge in [-0.25, -0.2) is 9.97 Å². The Labute approximate surface area is 178 Å². The first-order valence-corrected chi connectivity index (χ1v) is 9.48. The molecule has 0 aliphatic heterocycles. The number of non-ortho nitro benzene ring substituents is 1. The Morgan fingerprint density at radius 2 is 1.60 bits per heavy atom. The first-order valence-electron chi connectivity index (χ1n) is 7.87. The van der Waals surface area contributed by atoms with Crippen LogP contribution in [0.4, 0.5) is 24.5 Å². The summed E-state index contributed by atoms with van der Waals surface area (Å²) >= 11 is 3.74. The first-order chi connectivity index (χ1) is 14.0. The molecule has 30 heavy (non-hydrogen) atoms. The third-order valence-corrected chi connectivity index (χ3v) is 5.15. The van der Waals surface area contributed by atoms with Gasteiger partial charge in [0.2, 0.25) is 0 Å². The zero-order valence-corrected chi connectivity index (χ0v) is 16.9. The third kappa shape index (κ3) is 4.91. The quantitative estimate of drug-likeness (QED) is 0.243. The smallest absolute Gasteiger partial charge is 0.258 e. The van der Waals surface area contributed by atoms with E-state index >= 15 is 0 Å². The molecule has 0 aliphatic carbocycles. The predicted octanol–water partition coefficient (Wildman–Crippen LogP) is 5.89. The molecule has 0 bridgehead atoms. The number of nitro groups is 2. The molecule has 154 valence electrons. The van der Waals surface area contributed by atoms with E-state index in [1.54, 1.807) is 24.3 Å². The number of nitro benzene ring substituents is 2. The second kappa shape index (κ2) is 8.36. The van der Waals surface area contributed by atoms with Crippen molar-refractivity contribution in [1.29, 1.82) is 0 Å². The van der Waals surface area contributed by atoms with Crippen LogP contribution in [0.25, 0.3) is 11.3 Å². The Hall–Kier alpha value is -3.06. The lowest BCUT2D eigenvalue weighted by molar-refractivity contribution is -0.396. The molecule has 3 rings (SSSR count). The molecule has 0 fully saturated rings. The summed E-state index contributed by atoms with van der Waals surface area (Å²) in [6, 6.07) is 9.94. The maximum absolute atomic E-state index is 13.3. The zero-order chi connectivity index (χ0) is 22.1. The molecular weight excluding hydrogens is 493 g/mol. The molecule has 0 N–H and O–H groups in total. The van der Waals surface area contributed by atoms with Crippen LogP contribution < -0.4 is 0 Å². The standard InChI is InChI=1S/C17H8BrF3N4O4S/c18-10-3-1-9(2-4-10)12-8-15(17(19,20)21)23-16(22-12)30-14-6-5-11(24(26)27)7-13(14)25(28)29/h1-8H. The lowest BCUT2D eigenvalue weighted by atomic mass is 10.1. The van der Waals surface area contributed by atoms with Crippen molar-refractivity contribution in [3.63, 3.8) is 0 Å². The van der Waals surface area contributed by atoms with Gasteiger partial charge in [-0.1, -0.05) is 28.1 Å². The van der Waals surface area contributed by atoms with E-state index in [0.717, 1.165) is 24.3 Å². The minimum absolute atomic E-state index is 0.0307. The highest BCUT2D eigenvalue weighted by Gasteiger charge is 2.34. The van der Waals surface area contributed by atoms with Crippen molar-refractivity contribution < 1.29 is 23.0 Å². The summed E-state index contributed by atoms with van der Waals surface area (Å²) in [5.41, 5.74) is -2.03. The van der Waals surface area contributed by atoms with E-state index in [1.165, 1.54) is 0 Å². The van der Waals surface area contributed by atoms with E-state index in [0.29, 0.717) is 21.8 Å². The highest BCUT2D eigenvalue weighted by Crippen LogP contribution is 2.38. The number of benzene rings is 2. The predicted molar refractivity (Wildman–Crippen MR) is 104 cm³/mol. The second-order valence-electron chi connectivity index (χ2n) is 5.69. The highest BCUT2D eigenvalue weighted by atomic mass is 79.9. The van der Waals surface area contributed by atoms with E-state index in [9.17, 15) is 33.4 Å². The van der Waals surface area contributed by atoms with E-state index in [4.69, 9.17) is 0 Å². The topological polar surface area (TPSA) is 112 Å². The fraction of sp³-hybridized carbons (Fsp3) is 0.0588. The first kappa shape index (κ1) is 21.6. The lowest BCUT2D eigenvalue weighted by Crippen LogP contribution is -2.10. The number of rotatable bonds is 5. The van der Waals surface area contributed by atoms with E-state index in [2.05, 4.69) is 25.9 Å². The van der Waals surface area contributed by atoms with Gasteiger partial charge in [0, 0.05) is 16.1 Å². The van der Waals surface area contributed by atoms with Gasteiger partial charge < -0.3 is 0 Å². The van der Waals surface area contributed by atoms with E-state index < -0.39 is 33.1 Å². The van der Waals surface area contributed by atoms with Gasteiger partial charge in [0.1, 0.15) is 5.69 Å². The van der Waals surface area contributed by atoms with Crippen LogP contribution in [0.2, 0.25) is 0 Å². The Bertz CT molecular complexity index is 1140. The average Bonchev–Trinajstić information content (AvgIpc) is 2.67. The van der Waals surface area contributed by atoms with E-state index in [-0.39, 0.29) is 15.7 Å². The van der Waals surface area contributed by atoms with Crippen molar-refractivity contribution in [1.82, 2.24) is 9.97 Å². The zero-order valence-electron chi connectivity index (χ0n) is 14.5. The average molecular weight is 501 g/mol. The summed E-state index contributed by atoms with van der Waals surface area (Å²) < 4.78 is 40.7. The van der Waals surface area contributed by atoms with Crippen LogP contribution >= 0.6 is 27.7 Å². The Morgan fingerprint density at radius 1 is 0.933 bits per heavy atom. The molecule has 0 saturated heterocycles. The van der Waals surface area contributed by atoms with Gasteiger partial charge in [-0.05, 0) is 36.0 Å². The molecule has 0 radical (unpaired) electrons. The van der Waals surface area contributed by atoms with Crippen LogP contribution in [0.15, 0.2) is 63.1 Å². The van der Waals surface area contributed by atoms with Crippen molar-refractivity contribution in [2.45, 2.75) is 16.2 Å². The molecule has 3 aromatic rings. The maximum atomic E-state index is 13.3. The molecule has 13 heteroatoms. The Kier molecular flexibility index (Phi) is 6.03. The molecule has 1 aromatic heterocycles. The largest absolute Gasteiger partial charge is 0.433 e. The molecule has 0 unspecified atom stereocenters. The number of halogens is 4. The summed E-state index contributed by atoms with van der Waals surface area (Å²) in [5, 5.41) is 21.7. The molecule has 1 heterocycles. The van der Waals surface area contributed by atoms with Gasteiger partial charge in [-0.15, -0.1) is 0 Å². The molecule has 0 spiro atoms. The van der Waals surface area contributed by atoms with Crippen molar-refractivity contribution in [3.8, 4) is 11.3 Å². The van der Waals surface area contributed by atoms with Crippen LogP contribution in [-0.4, -0.2) is 19.8 Å². The molecule has 2 aromatic carbocycles. The second-order valence-corrected chi connectivity index (χ2v) is 7.62. The van der Waals surface area contributed by atoms with Crippen LogP contribution in [-0.2, 0) is 6.18 Å². The van der Waals surface area contributed by atoms with Crippen LogP contribution in [0.1, 0.15) is 5.69 Å². The summed E-state index contributed by atoms with van der Waals surface area (Å²) in [4.78, 5) is 27.9. The van der Waals surface area contributed by atoms with Gasteiger partial charge in [-0.2, -0.15) is 13.2 Å². The van der Waals surface area contributed by atoms with Crippen LogP contribution in [0, 0.1) is 20.2 Å². The van der Waals surface area contributed by atoms with Crippen molar-refractivity contribution in [2.24, 2.45) is 0 Å². The van der Waals surface area contributed by atoms with Crippen molar-refractivity contribution in [2.75, 3.05) is 0 Å². The van der Waals surface area contributed by atoms with E-state index in [1.807, 2.05) is 0 Å². The minimum Gasteiger partial charge on any atom is -0.258 e. The van der Waals surface area contributed by atoms with Gasteiger partial charge in [-0.3, -0.25) is 20.2 Å². The SMILES string of the molecule is O=[N+]([O-])c1ccc(Sc2nc(-c3ccc(Br)cc3)cc(C(F)(F)F)n2)c([N+](=O)[O-])c1. The highest BCUT2D eigenvalue weighted by molar-refractivity contribution is 9.10. The van der Waals surface area contributed by atoms with Crippen molar-refractivity contribution >= 4 is 39.1 Å². The van der Waals surface area contributed by atoms with Gasteiger partial charge in [0.15, 0.2) is 5.16 Å². The number of hydrogen-bond donors (Lipinski definition) is 0. The summed E-state index contributed by atoms with van der Waals surface area (Å²) in [6.07, 6.45) is -4.77. The fourth-order valence-corrected chi connectivity index (χ4v) is 3.45. The summed E-state index contributed by atoms with van der Waals surface area (Å²) in [5.74, 6) is 0. The summed E-state index contributed by atoms with van der Waals surface area (Å²) in [7, 11) is 0. The lowest BCUT2D eigenvalue weighted by Gasteiger charge is -2.11. The third-order valence-electron chi connectivity index (χ3n) is 3.69. The monoisotopic (exact) mass is 500 g/mol. The Balaban J connectivity index is 2.10. The van der Waals surface area contributed by atoms with Gasteiger partial charge in [0.25, 0.3) is 11.4 Å². The molecule has 0 aliphatic rings. The number of aromatic nitrogens is 2. The minimum atomic E-state index is -4.77. The number of alkyl halides is 3. The normalized spacial score (nSPS) is 11.3. The van der Waals surface area contributed by atoms with Crippen LogP contribution in [0.3, 0.4) is 0 Å². The van der Waals surface area contributed by atoms with Crippen LogP contribution in [0.5, 0.6) is 0 Å². The maximum Gasteiger partial charge on any atom is 0.433 e. The Morgan fingerprint density at radius 3 is 2.17 bits per heavy atom. The molecular formula is C17H8BrF3N4O4S. The van der Waals surface area contributed by atoms with Gasteiger partial charge >= 0.3 is 6.18 Å². The number of hydrogen-bond acceptors (Lipinski definition) is 7. The summed E-state index contributed by atoms with van der Waals surface area (Å²) in [6.45, 7) is 0. The number of nitrogens with zero attached hydrogens (tertiary/aromatic N) is 4. The molecule has 0 atom stereocenters. The molecule has 0 amide bonds. The fourth-order valence-electron chi connectivity index (χ4n) is 2.33. The van der Waals surface area contributed by atoms with Gasteiger partial charge in [0.05, 0.1) is 26.5 Å². The molecule has 0 saturated carbocycles. The molecule has 8 nitrogen and oxygen atoms in total.